The molecule has 1 aliphatic heterocycles. The molecular formula is C34H32I2N2O6S. The molecule has 0 saturated heterocycles. The highest BCUT2D eigenvalue weighted by Crippen LogP contribution is 2.37. The predicted molar refractivity (Wildman–Crippen MR) is 192 cm³/mol. The Balaban J connectivity index is 1.60. The van der Waals surface area contributed by atoms with Crippen molar-refractivity contribution >= 4 is 68.6 Å². The number of allylic oxidation sites excluding steroid dienone is 1. The number of nitrogens with zero attached hydrogens (tertiary/aromatic N) is 2. The molecule has 0 radical (unpaired) electrons. The number of rotatable bonds is 10. The largest absolute Gasteiger partial charge is 0.493 e. The Kier molecular flexibility index (Phi) is 10.7. The molecule has 3 aromatic carbocycles. The summed E-state index contributed by atoms with van der Waals surface area (Å²) in [5.74, 6) is 1.26. The van der Waals surface area contributed by atoms with Crippen LogP contribution in [-0.2, 0) is 16.1 Å². The number of ether oxygens (including phenoxy) is 4. The van der Waals surface area contributed by atoms with Crippen molar-refractivity contribution in [1.82, 2.24) is 4.57 Å². The summed E-state index contributed by atoms with van der Waals surface area (Å²) in [5, 5.41) is 0. The summed E-state index contributed by atoms with van der Waals surface area (Å²) in [4.78, 5) is 32.7. The average molecular weight is 851 g/mol. The smallest absolute Gasteiger partial charge is 0.338 e. The molecule has 1 aromatic heterocycles. The number of carbonyl (C=O) groups excluding carboxylic acids is 1. The first-order valence-corrected chi connectivity index (χ1v) is 17.3. The molecule has 4 aromatic rings. The van der Waals surface area contributed by atoms with Crippen LogP contribution >= 0.6 is 56.5 Å². The van der Waals surface area contributed by atoms with Crippen LogP contribution in [-0.4, -0.2) is 30.4 Å². The summed E-state index contributed by atoms with van der Waals surface area (Å²) in [5.41, 5.74) is 3.03. The lowest BCUT2D eigenvalue weighted by atomic mass is 9.95. The number of esters is 1. The van der Waals surface area contributed by atoms with E-state index in [0.29, 0.717) is 50.0 Å². The number of halogens is 2. The van der Waals surface area contributed by atoms with Crippen LogP contribution < -0.4 is 29.1 Å². The van der Waals surface area contributed by atoms with E-state index in [0.717, 1.165) is 18.3 Å². The monoisotopic (exact) mass is 850 g/mol. The zero-order valence-electron chi connectivity index (χ0n) is 25.4. The lowest BCUT2D eigenvalue weighted by Crippen LogP contribution is -2.40. The van der Waals surface area contributed by atoms with Gasteiger partial charge in [-0.2, -0.15) is 0 Å². The molecule has 0 N–H and O–H groups in total. The fourth-order valence-electron chi connectivity index (χ4n) is 5.00. The normalized spacial score (nSPS) is 14.7. The Morgan fingerprint density at radius 1 is 1.09 bits per heavy atom. The maximum absolute atomic E-state index is 14.2. The number of aromatic nitrogens is 1. The van der Waals surface area contributed by atoms with Gasteiger partial charge in [0.15, 0.2) is 16.3 Å². The second-order valence-corrected chi connectivity index (χ2v) is 13.9. The molecule has 1 atom stereocenters. The highest BCUT2D eigenvalue weighted by atomic mass is 127. The van der Waals surface area contributed by atoms with Gasteiger partial charge in [-0.05, 0) is 120 Å². The van der Waals surface area contributed by atoms with Gasteiger partial charge in [0.2, 0.25) is 0 Å². The Hall–Kier alpha value is -3.17. The summed E-state index contributed by atoms with van der Waals surface area (Å²) >= 11 is 5.76. The highest BCUT2D eigenvalue weighted by molar-refractivity contribution is 14.1. The second-order valence-electron chi connectivity index (χ2n) is 10.5. The molecule has 0 saturated carbocycles. The van der Waals surface area contributed by atoms with Crippen LogP contribution in [0.5, 0.6) is 17.2 Å². The Labute approximate surface area is 292 Å². The Morgan fingerprint density at radius 2 is 1.82 bits per heavy atom. The van der Waals surface area contributed by atoms with Gasteiger partial charge >= 0.3 is 5.97 Å². The van der Waals surface area contributed by atoms with Gasteiger partial charge in [-0.3, -0.25) is 9.36 Å². The molecule has 0 unspecified atom stereocenters. The van der Waals surface area contributed by atoms with Crippen molar-refractivity contribution in [2.75, 3.05) is 13.7 Å². The van der Waals surface area contributed by atoms with Crippen molar-refractivity contribution in [2.45, 2.75) is 46.4 Å². The standard InChI is InChI=1S/C34H32I2N2O6S/c1-6-42-33(40)29-20(4)37-34-38(30(29)24-9-7-8-10-26(24)44-19(2)3)32(39)28(45-34)17-22-15-25(36)31(27(16-22)41-5)43-18-21-11-13-23(35)14-12-21/h7-17,19,30H,6,18H2,1-5H3/b28-17+/t30-/m1/s1. The number of hydrogen-bond donors (Lipinski definition) is 0. The number of methoxy groups -OCH3 is 1. The van der Waals surface area contributed by atoms with Crippen molar-refractivity contribution < 1.29 is 23.7 Å². The summed E-state index contributed by atoms with van der Waals surface area (Å²) in [6.45, 7) is 7.98. The van der Waals surface area contributed by atoms with Gasteiger partial charge in [-0.1, -0.05) is 41.7 Å². The SMILES string of the molecule is CCOC(=O)C1=C(C)N=c2s/c(=C/c3cc(I)c(OCc4ccc(I)cc4)c(OC)c3)c(=O)n2[C@@H]1c1ccccc1OC(C)C. The summed E-state index contributed by atoms with van der Waals surface area (Å²) in [7, 11) is 1.59. The van der Waals surface area contributed by atoms with Crippen molar-refractivity contribution in [3.63, 3.8) is 0 Å². The van der Waals surface area contributed by atoms with Gasteiger partial charge in [0, 0.05) is 9.13 Å². The minimum absolute atomic E-state index is 0.112. The van der Waals surface area contributed by atoms with Crippen molar-refractivity contribution in [3.05, 3.63) is 115 Å². The lowest BCUT2D eigenvalue weighted by molar-refractivity contribution is -0.139. The number of hydrogen-bond acceptors (Lipinski definition) is 8. The van der Waals surface area contributed by atoms with Gasteiger partial charge in [0.25, 0.3) is 5.56 Å². The molecule has 1 aliphatic rings. The number of fused-ring (bicyclic) bond motifs is 1. The van der Waals surface area contributed by atoms with E-state index in [1.165, 1.54) is 11.3 Å². The highest BCUT2D eigenvalue weighted by Gasteiger charge is 2.35. The number of benzene rings is 3. The van der Waals surface area contributed by atoms with Crippen LogP contribution in [0, 0.1) is 7.14 Å². The summed E-state index contributed by atoms with van der Waals surface area (Å²) < 4.78 is 27.5. The molecule has 0 aliphatic carbocycles. The predicted octanol–water partition coefficient (Wildman–Crippen LogP) is 6.38. The first-order valence-electron chi connectivity index (χ1n) is 14.3. The fraction of sp³-hybridized carbons (Fsp3) is 0.265. The first kappa shape index (κ1) is 33.2. The minimum atomic E-state index is -0.774. The molecule has 45 heavy (non-hydrogen) atoms. The third kappa shape index (κ3) is 7.30. The van der Waals surface area contributed by atoms with Crippen LogP contribution in [0.1, 0.15) is 50.4 Å². The number of thiazole rings is 1. The quantitative estimate of drug-likeness (QED) is 0.136. The van der Waals surface area contributed by atoms with Crippen LogP contribution in [0.3, 0.4) is 0 Å². The van der Waals surface area contributed by atoms with E-state index in [2.05, 4.69) is 45.2 Å². The fourth-order valence-corrected chi connectivity index (χ4v) is 7.19. The zero-order chi connectivity index (χ0) is 32.2. The zero-order valence-corrected chi connectivity index (χ0v) is 30.6. The number of para-hydroxylation sites is 1. The van der Waals surface area contributed by atoms with E-state index < -0.39 is 12.0 Å². The topological polar surface area (TPSA) is 88.4 Å². The molecule has 2 heterocycles. The third-order valence-corrected chi connectivity index (χ3v) is 9.44. The maximum Gasteiger partial charge on any atom is 0.338 e. The number of carbonyl (C=O) groups is 1. The minimum Gasteiger partial charge on any atom is -0.493 e. The van der Waals surface area contributed by atoms with Crippen LogP contribution in [0.2, 0.25) is 0 Å². The van der Waals surface area contributed by atoms with Crippen molar-refractivity contribution in [3.8, 4) is 17.2 Å². The Bertz CT molecular complexity index is 1950. The van der Waals surface area contributed by atoms with Gasteiger partial charge in [0.1, 0.15) is 18.4 Å². The molecule has 5 rings (SSSR count). The van der Waals surface area contributed by atoms with Crippen LogP contribution in [0.25, 0.3) is 6.08 Å². The van der Waals surface area contributed by atoms with Gasteiger partial charge in [-0.25, -0.2) is 9.79 Å². The van der Waals surface area contributed by atoms with Gasteiger partial charge in [0.05, 0.1) is 39.2 Å². The van der Waals surface area contributed by atoms with Crippen molar-refractivity contribution in [2.24, 2.45) is 4.99 Å². The third-order valence-electron chi connectivity index (χ3n) is 6.94. The summed E-state index contributed by atoms with van der Waals surface area (Å²) in [6.07, 6.45) is 1.70. The van der Waals surface area contributed by atoms with E-state index in [4.69, 9.17) is 23.9 Å². The first-order chi connectivity index (χ1) is 21.6. The van der Waals surface area contributed by atoms with E-state index in [-0.39, 0.29) is 18.3 Å². The average Bonchev–Trinajstić information content (AvgIpc) is 3.30. The van der Waals surface area contributed by atoms with E-state index in [1.807, 2.05) is 80.6 Å². The van der Waals surface area contributed by atoms with E-state index in [1.54, 1.807) is 25.5 Å². The maximum atomic E-state index is 14.2. The van der Waals surface area contributed by atoms with Crippen LogP contribution in [0.4, 0.5) is 0 Å². The molecule has 0 fully saturated rings. The molecule has 0 amide bonds. The molecule has 8 nitrogen and oxygen atoms in total. The molecule has 0 spiro atoms. The van der Waals surface area contributed by atoms with Crippen molar-refractivity contribution in [1.29, 1.82) is 0 Å². The second kappa shape index (κ2) is 14.5. The van der Waals surface area contributed by atoms with Crippen LogP contribution in [0.15, 0.2) is 81.7 Å². The lowest BCUT2D eigenvalue weighted by Gasteiger charge is -2.26. The summed E-state index contributed by atoms with van der Waals surface area (Å²) in [6, 6.07) is 18.6. The van der Waals surface area contributed by atoms with E-state index >= 15 is 0 Å². The molecule has 234 valence electrons. The molecule has 11 heteroatoms. The van der Waals surface area contributed by atoms with E-state index in [9.17, 15) is 9.59 Å². The molecule has 0 bridgehead atoms. The van der Waals surface area contributed by atoms with Gasteiger partial charge in [-0.15, -0.1) is 0 Å². The Morgan fingerprint density at radius 3 is 2.51 bits per heavy atom. The molecular weight excluding hydrogens is 818 g/mol. The van der Waals surface area contributed by atoms with Gasteiger partial charge < -0.3 is 18.9 Å².